The number of hydrogen-bond acceptors (Lipinski definition) is 4. The van der Waals surface area contributed by atoms with Crippen LogP contribution in [0.4, 0.5) is 5.69 Å². The van der Waals surface area contributed by atoms with Gasteiger partial charge in [-0.2, -0.15) is 5.10 Å². The van der Waals surface area contributed by atoms with Crippen LogP contribution < -0.4 is 4.90 Å². The van der Waals surface area contributed by atoms with Crippen molar-refractivity contribution < 1.29 is 0 Å². The molecule has 0 N–H and O–H groups in total. The van der Waals surface area contributed by atoms with Crippen LogP contribution >= 0.6 is 0 Å². The molecule has 2 aromatic rings. The van der Waals surface area contributed by atoms with Gasteiger partial charge in [0.2, 0.25) is 0 Å². The summed E-state index contributed by atoms with van der Waals surface area (Å²) in [4.78, 5) is 8.87. The highest BCUT2D eigenvalue weighted by atomic mass is 15.3. The van der Waals surface area contributed by atoms with E-state index in [1.54, 1.807) is 12.7 Å². The maximum Gasteiger partial charge on any atom is 0.137 e. The van der Waals surface area contributed by atoms with Gasteiger partial charge in [0.05, 0.1) is 6.54 Å². The standard InChI is InChI=1S/C15H21N5/c1-13-9-18(2)15-6-4-3-5-14(15)10-19(13)7-8-20-12-16-11-17-20/h3-6,11-13H,7-10H2,1-2H3. The highest BCUT2D eigenvalue weighted by molar-refractivity contribution is 5.53. The first-order chi connectivity index (χ1) is 9.74. The summed E-state index contributed by atoms with van der Waals surface area (Å²) in [5, 5.41) is 4.18. The molecule has 1 aliphatic heterocycles. The zero-order valence-corrected chi connectivity index (χ0v) is 12.1. The van der Waals surface area contributed by atoms with Crippen molar-refractivity contribution in [2.24, 2.45) is 0 Å². The lowest BCUT2D eigenvalue weighted by atomic mass is 10.1. The SMILES string of the molecule is CC1CN(C)c2ccccc2CN1CCn1cncn1. The van der Waals surface area contributed by atoms with E-state index in [2.05, 4.69) is 58.1 Å². The molecule has 5 nitrogen and oxygen atoms in total. The van der Waals surface area contributed by atoms with Crippen LogP contribution in [0.25, 0.3) is 0 Å². The lowest BCUT2D eigenvalue weighted by Gasteiger charge is -2.28. The third-order valence-electron chi connectivity index (χ3n) is 4.02. The van der Waals surface area contributed by atoms with Crippen molar-refractivity contribution in [2.45, 2.75) is 26.1 Å². The first-order valence-corrected chi connectivity index (χ1v) is 7.09. The van der Waals surface area contributed by atoms with Crippen LogP contribution in [0.15, 0.2) is 36.9 Å². The molecular weight excluding hydrogens is 250 g/mol. The van der Waals surface area contributed by atoms with Crippen LogP contribution in [0.1, 0.15) is 12.5 Å². The van der Waals surface area contributed by atoms with Crippen LogP contribution in [0.3, 0.4) is 0 Å². The molecule has 0 fully saturated rings. The molecule has 0 bridgehead atoms. The summed E-state index contributed by atoms with van der Waals surface area (Å²) < 4.78 is 1.90. The Bertz CT molecular complexity index is 551. The van der Waals surface area contributed by atoms with E-state index in [9.17, 15) is 0 Å². The molecule has 0 saturated carbocycles. The van der Waals surface area contributed by atoms with Gasteiger partial charge in [0.15, 0.2) is 0 Å². The minimum absolute atomic E-state index is 0.524. The average Bonchev–Trinajstić information content (AvgIpc) is 2.92. The number of aromatic nitrogens is 3. The average molecular weight is 271 g/mol. The first-order valence-electron chi connectivity index (χ1n) is 7.09. The van der Waals surface area contributed by atoms with Gasteiger partial charge in [0.1, 0.15) is 12.7 Å². The molecule has 0 spiro atoms. The normalized spacial score (nSPS) is 19.7. The number of hydrogen-bond donors (Lipinski definition) is 0. The molecule has 1 aromatic carbocycles. The molecule has 1 atom stereocenters. The molecule has 5 heteroatoms. The Labute approximate surface area is 119 Å². The summed E-state index contributed by atoms with van der Waals surface area (Å²) in [5.74, 6) is 0. The van der Waals surface area contributed by atoms with Gasteiger partial charge in [-0.1, -0.05) is 18.2 Å². The second-order valence-corrected chi connectivity index (χ2v) is 5.49. The second kappa shape index (κ2) is 5.63. The molecule has 0 saturated heterocycles. The van der Waals surface area contributed by atoms with Gasteiger partial charge in [-0.25, -0.2) is 4.98 Å². The molecule has 1 unspecified atom stereocenters. The third kappa shape index (κ3) is 2.67. The Balaban J connectivity index is 1.75. The van der Waals surface area contributed by atoms with Crippen molar-refractivity contribution in [1.29, 1.82) is 0 Å². The van der Waals surface area contributed by atoms with E-state index in [1.807, 2.05) is 4.68 Å². The molecule has 2 heterocycles. The zero-order chi connectivity index (χ0) is 13.9. The topological polar surface area (TPSA) is 37.2 Å². The highest BCUT2D eigenvalue weighted by Gasteiger charge is 2.22. The maximum atomic E-state index is 4.18. The fourth-order valence-corrected chi connectivity index (χ4v) is 2.88. The van der Waals surface area contributed by atoms with Gasteiger partial charge in [0, 0.05) is 38.4 Å². The fraction of sp³-hybridized carbons (Fsp3) is 0.467. The van der Waals surface area contributed by atoms with Crippen molar-refractivity contribution in [3.05, 3.63) is 42.5 Å². The minimum atomic E-state index is 0.524. The van der Waals surface area contributed by atoms with E-state index in [0.717, 1.165) is 26.2 Å². The van der Waals surface area contributed by atoms with Crippen LogP contribution in [-0.4, -0.2) is 45.8 Å². The summed E-state index contributed by atoms with van der Waals surface area (Å²) in [6, 6.07) is 9.20. The molecule has 106 valence electrons. The van der Waals surface area contributed by atoms with Gasteiger partial charge >= 0.3 is 0 Å². The van der Waals surface area contributed by atoms with Crippen LogP contribution in [-0.2, 0) is 13.1 Å². The fourth-order valence-electron chi connectivity index (χ4n) is 2.88. The predicted octanol–water partition coefficient (Wildman–Crippen LogP) is 1.62. The van der Waals surface area contributed by atoms with Crippen molar-refractivity contribution >= 4 is 5.69 Å². The number of nitrogens with zero attached hydrogens (tertiary/aromatic N) is 5. The van der Waals surface area contributed by atoms with Gasteiger partial charge in [-0.3, -0.25) is 9.58 Å². The molecule has 1 aliphatic rings. The molecule has 0 amide bonds. The number of benzene rings is 1. The summed E-state index contributed by atoms with van der Waals surface area (Å²) in [5.41, 5.74) is 2.75. The molecule has 1 aromatic heterocycles. The quantitative estimate of drug-likeness (QED) is 0.850. The largest absolute Gasteiger partial charge is 0.373 e. The lowest BCUT2D eigenvalue weighted by Crippen LogP contribution is -2.39. The summed E-state index contributed by atoms with van der Waals surface area (Å²) in [6.07, 6.45) is 3.37. The number of rotatable bonds is 3. The molecule has 20 heavy (non-hydrogen) atoms. The molecule has 3 rings (SSSR count). The smallest absolute Gasteiger partial charge is 0.137 e. The van der Waals surface area contributed by atoms with Crippen molar-refractivity contribution in [3.8, 4) is 0 Å². The highest BCUT2D eigenvalue weighted by Crippen LogP contribution is 2.25. The Morgan fingerprint density at radius 1 is 1.25 bits per heavy atom. The summed E-state index contributed by atoms with van der Waals surface area (Å²) in [7, 11) is 2.18. The summed E-state index contributed by atoms with van der Waals surface area (Å²) in [6.45, 7) is 6.22. The summed E-state index contributed by atoms with van der Waals surface area (Å²) >= 11 is 0. The van der Waals surface area contributed by atoms with Gasteiger partial charge in [-0.05, 0) is 18.6 Å². The molecular formula is C15H21N5. The van der Waals surface area contributed by atoms with Gasteiger partial charge in [0.25, 0.3) is 0 Å². The second-order valence-electron chi connectivity index (χ2n) is 5.49. The predicted molar refractivity (Wildman–Crippen MR) is 79.6 cm³/mol. The monoisotopic (exact) mass is 271 g/mol. The van der Waals surface area contributed by atoms with Crippen molar-refractivity contribution in [3.63, 3.8) is 0 Å². The Hall–Kier alpha value is -1.88. The van der Waals surface area contributed by atoms with Crippen molar-refractivity contribution in [2.75, 3.05) is 25.0 Å². The Morgan fingerprint density at radius 2 is 2.10 bits per heavy atom. The van der Waals surface area contributed by atoms with Crippen LogP contribution in [0.2, 0.25) is 0 Å². The number of anilines is 1. The third-order valence-corrected chi connectivity index (χ3v) is 4.02. The number of para-hydroxylation sites is 1. The lowest BCUT2D eigenvalue weighted by molar-refractivity contribution is 0.198. The maximum absolute atomic E-state index is 4.18. The number of likely N-dealkylation sites (N-methyl/N-ethyl adjacent to an activating group) is 1. The minimum Gasteiger partial charge on any atom is -0.373 e. The molecule has 0 radical (unpaired) electrons. The van der Waals surface area contributed by atoms with E-state index in [-0.39, 0.29) is 0 Å². The number of fused-ring (bicyclic) bond motifs is 1. The van der Waals surface area contributed by atoms with Crippen molar-refractivity contribution in [1.82, 2.24) is 19.7 Å². The van der Waals surface area contributed by atoms with Gasteiger partial charge < -0.3 is 4.90 Å². The van der Waals surface area contributed by atoms with E-state index in [4.69, 9.17) is 0 Å². The van der Waals surface area contributed by atoms with E-state index >= 15 is 0 Å². The Kier molecular flexibility index (Phi) is 3.69. The first kappa shape index (κ1) is 13.1. The van der Waals surface area contributed by atoms with E-state index in [0.29, 0.717) is 6.04 Å². The van der Waals surface area contributed by atoms with Gasteiger partial charge in [-0.15, -0.1) is 0 Å². The van der Waals surface area contributed by atoms with E-state index in [1.165, 1.54) is 11.3 Å². The molecule has 0 aliphatic carbocycles. The van der Waals surface area contributed by atoms with E-state index < -0.39 is 0 Å². The van der Waals surface area contributed by atoms with Crippen LogP contribution in [0, 0.1) is 0 Å². The zero-order valence-electron chi connectivity index (χ0n) is 12.1. The Morgan fingerprint density at radius 3 is 2.90 bits per heavy atom. The van der Waals surface area contributed by atoms with Crippen LogP contribution in [0.5, 0.6) is 0 Å².